The number of fused-ring (bicyclic) bond motifs is 2. The molecule has 4 rings (SSSR count). The quantitative estimate of drug-likeness (QED) is 0.894. The fourth-order valence-electron chi connectivity index (χ4n) is 3.50. The van der Waals surface area contributed by atoms with E-state index in [1.54, 1.807) is 0 Å². The largest absolute Gasteiger partial charge is 0.486 e. The minimum absolute atomic E-state index is 0.526. The molecule has 0 aromatic heterocycles. The molecule has 2 aromatic rings. The summed E-state index contributed by atoms with van der Waals surface area (Å²) in [6, 6.07) is 12.1. The predicted octanol–water partition coefficient (Wildman–Crippen LogP) is 2.73. The fourth-order valence-corrected chi connectivity index (χ4v) is 3.79. The smallest absolute Gasteiger partial charge is 0.179 e. The van der Waals surface area contributed by atoms with Gasteiger partial charge in [-0.05, 0) is 28.8 Å². The zero-order chi connectivity index (χ0) is 16.6. The van der Waals surface area contributed by atoms with Gasteiger partial charge in [-0.3, -0.25) is 0 Å². The molecule has 2 aliphatic rings. The molecule has 2 N–H and O–H groups in total. The first-order valence-corrected chi connectivity index (χ1v) is 8.59. The van der Waals surface area contributed by atoms with Crippen LogP contribution in [0, 0.1) is 0 Å². The number of rotatable bonds is 4. The molecule has 24 heavy (non-hydrogen) atoms. The number of nitrogens with one attached hydrogen (secondary N) is 1. The maximum absolute atomic E-state index is 10.8. The van der Waals surface area contributed by atoms with Crippen molar-refractivity contribution in [1.82, 2.24) is 5.32 Å². The van der Waals surface area contributed by atoms with Gasteiger partial charge in [0, 0.05) is 25.9 Å². The number of hydrogen-bond donors (Lipinski definition) is 2. The standard InChI is InChI=1S/C19H20ClNO3/c20-16-7-13(8-17-18(16)24-6-5-23-17)11-21-12-19(22)9-14-3-1-2-4-15(14)10-19/h1-4,7-8,21-22H,5-6,9-12H2. The van der Waals surface area contributed by atoms with Crippen LogP contribution in [0.3, 0.4) is 0 Å². The molecule has 5 heteroatoms. The van der Waals surface area contributed by atoms with Gasteiger partial charge in [0.15, 0.2) is 11.5 Å². The molecule has 0 saturated heterocycles. The van der Waals surface area contributed by atoms with Crippen LogP contribution in [0.5, 0.6) is 11.5 Å². The van der Waals surface area contributed by atoms with Crippen molar-refractivity contribution in [2.45, 2.75) is 25.0 Å². The molecule has 1 aliphatic carbocycles. The van der Waals surface area contributed by atoms with Gasteiger partial charge in [0.05, 0.1) is 10.6 Å². The molecule has 0 saturated carbocycles. The third-order valence-corrected chi connectivity index (χ3v) is 4.88. The Labute approximate surface area is 146 Å². The van der Waals surface area contributed by atoms with Gasteiger partial charge in [-0.25, -0.2) is 0 Å². The van der Waals surface area contributed by atoms with Gasteiger partial charge < -0.3 is 19.9 Å². The monoisotopic (exact) mass is 345 g/mol. The van der Waals surface area contributed by atoms with E-state index in [1.165, 1.54) is 11.1 Å². The van der Waals surface area contributed by atoms with Crippen LogP contribution in [-0.2, 0) is 19.4 Å². The predicted molar refractivity (Wildman–Crippen MR) is 92.9 cm³/mol. The number of aliphatic hydroxyl groups is 1. The van der Waals surface area contributed by atoms with Gasteiger partial charge in [0.2, 0.25) is 0 Å². The Hall–Kier alpha value is -1.75. The lowest BCUT2D eigenvalue weighted by molar-refractivity contribution is 0.0510. The first-order chi connectivity index (χ1) is 11.6. The van der Waals surface area contributed by atoms with Crippen LogP contribution in [0.2, 0.25) is 5.02 Å². The lowest BCUT2D eigenvalue weighted by Gasteiger charge is -2.23. The zero-order valence-corrected chi connectivity index (χ0v) is 14.1. The first kappa shape index (κ1) is 15.8. The molecule has 0 radical (unpaired) electrons. The van der Waals surface area contributed by atoms with E-state index in [2.05, 4.69) is 17.4 Å². The summed E-state index contributed by atoms with van der Waals surface area (Å²) in [5, 5.41) is 14.7. The molecular formula is C19H20ClNO3. The molecule has 0 atom stereocenters. The van der Waals surface area contributed by atoms with Crippen molar-refractivity contribution in [3.8, 4) is 11.5 Å². The van der Waals surface area contributed by atoms with Gasteiger partial charge in [0.25, 0.3) is 0 Å². The number of halogens is 1. The SMILES string of the molecule is OC1(CNCc2cc(Cl)c3c(c2)OCCO3)Cc2ccccc2C1. The average molecular weight is 346 g/mol. The lowest BCUT2D eigenvalue weighted by Crippen LogP contribution is -2.41. The molecule has 1 heterocycles. The summed E-state index contributed by atoms with van der Waals surface area (Å²) in [4.78, 5) is 0. The summed E-state index contributed by atoms with van der Waals surface area (Å²) in [5.41, 5.74) is 2.78. The third kappa shape index (κ3) is 3.09. The Morgan fingerprint density at radius 3 is 2.54 bits per heavy atom. The molecule has 0 unspecified atom stereocenters. The Kier molecular flexibility index (Phi) is 4.12. The van der Waals surface area contributed by atoms with Crippen molar-refractivity contribution in [2.24, 2.45) is 0 Å². The third-order valence-electron chi connectivity index (χ3n) is 4.60. The maximum atomic E-state index is 10.8. The van der Waals surface area contributed by atoms with Crippen molar-refractivity contribution in [2.75, 3.05) is 19.8 Å². The number of hydrogen-bond acceptors (Lipinski definition) is 4. The molecule has 0 spiro atoms. The summed E-state index contributed by atoms with van der Waals surface area (Å²) in [7, 11) is 0. The molecule has 1 aliphatic heterocycles. The summed E-state index contributed by atoms with van der Waals surface area (Å²) in [6.45, 7) is 2.22. The van der Waals surface area contributed by atoms with E-state index in [9.17, 15) is 5.11 Å². The highest BCUT2D eigenvalue weighted by Gasteiger charge is 2.34. The van der Waals surface area contributed by atoms with E-state index in [4.69, 9.17) is 21.1 Å². The molecular weight excluding hydrogens is 326 g/mol. The van der Waals surface area contributed by atoms with E-state index >= 15 is 0 Å². The summed E-state index contributed by atoms with van der Waals surface area (Å²) >= 11 is 6.26. The van der Waals surface area contributed by atoms with Gasteiger partial charge in [0.1, 0.15) is 13.2 Å². The van der Waals surface area contributed by atoms with E-state index in [0.29, 0.717) is 55.7 Å². The molecule has 0 bridgehead atoms. The second-order valence-corrected chi connectivity index (χ2v) is 6.96. The minimum Gasteiger partial charge on any atom is -0.486 e. The van der Waals surface area contributed by atoms with Crippen LogP contribution in [-0.4, -0.2) is 30.5 Å². The topological polar surface area (TPSA) is 50.7 Å². The van der Waals surface area contributed by atoms with Crippen molar-refractivity contribution < 1.29 is 14.6 Å². The van der Waals surface area contributed by atoms with E-state index in [1.807, 2.05) is 24.3 Å². The van der Waals surface area contributed by atoms with Crippen LogP contribution >= 0.6 is 11.6 Å². The van der Waals surface area contributed by atoms with Crippen LogP contribution in [0.15, 0.2) is 36.4 Å². The molecule has 126 valence electrons. The van der Waals surface area contributed by atoms with Crippen molar-refractivity contribution in [1.29, 1.82) is 0 Å². The van der Waals surface area contributed by atoms with E-state index in [0.717, 1.165) is 5.56 Å². The molecule has 2 aromatic carbocycles. The highest BCUT2D eigenvalue weighted by molar-refractivity contribution is 6.32. The molecule has 4 nitrogen and oxygen atoms in total. The summed E-state index contributed by atoms with van der Waals surface area (Å²) < 4.78 is 11.1. The lowest BCUT2D eigenvalue weighted by atomic mass is 10.0. The Balaban J connectivity index is 1.39. The first-order valence-electron chi connectivity index (χ1n) is 8.21. The second kappa shape index (κ2) is 6.28. The number of benzene rings is 2. The Morgan fingerprint density at radius 2 is 1.79 bits per heavy atom. The highest BCUT2D eigenvalue weighted by Crippen LogP contribution is 2.38. The van der Waals surface area contributed by atoms with Gasteiger partial charge in [-0.15, -0.1) is 0 Å². The highest BCUT2D eigenvalue weighted by atomic mass is 35.5. The number of ether oxygens (including phenoxy) is 2. The average Bonchev–Trinajstić information content (AvgIpc) is 2.91. The fraction of sp³-hybridized carbons (Fsp3) is 0.368. The minimum atomic E-state index is -0.721. The normalized spacial score (nSPS) is 17.6. The zero-order valence-electron chi connectivity index (χ0n) is 13.3. The summed E-state index contributed by atoms with van der Waals surface area (Å²) in [5.74, 6) is 1.31. The Bertz CT molecular complexity index is 737. The van der Waals surface area contributed by atoms with Crippen LogP contribution < -0.4 is 14.8 Å². The Morgan fingerprint density at radius 1 is 1.08 bits per heavy atom. The van der Waals surface area contributed by atoms with E-state index < -0.39 is 5.60 Å². The van der Waals surface area contributed by atoms with Crippen LogP contribution in [0.25, 0.3) is 0 Å². The van der Waals surface area contributed by atoms with Crippen molar-refractivity contribution in [3.05, 3.63) is 58.1 Å². The van der Waals surface area contributed by atoms with E-state index in [-0.39, 0.29) is 0 Å². The van der Waals surface area contributed by atoms with Gasteiger partial charge in [-0.2, -0.15) is 0 Å². The van der Waals surface area contributed by atoms with Crippen molar-refractivity contribution in [3.63, 3.8) is 0 Å². The maximum Gasteiger partial charge on any atom is 0.179 e. The summed E-state index contributed by atoms with van der Waals surface area (Å²) in [6.07, 6.45) is 1.39. The molecule has 0 amide bonds. The van der Waals surface area contributed by atoms with Crippen LogP contribution in [0.1, 0.15) is 16.7 Å². The van der Waals surface area contributed by atoms with Crippen molar-refractivity contribution >= 4 is 11.6 Å². The van der Waals surface area contributed by atoms with Gasteiger partial charge >= 0.3 is 0 Å². The van der Waals surface area contributed by atoms with Gasteiger partial charge in [-0.1, -0.05) is 35.9 Å². The van der Waals surface area contributed by atoms with Crippen LogP contribution in [0.4, 0.5) is 0 Å². The second-order valence-electron chi connectivity index (χ2n) is 6.55. The molecule has 0 fully saturated rings.